The van der Waals surface area contributed by atoms with Crippen molar-refractivity contribution in [1.82, 2.24) is 5.43 Å². The van der Waals surface area contributed by atoms with Gasteiger partial charge in [-0.25, -0.2) is 5.43 Å². The minimum Gasteiger partial charge on any atom is -0.497 e. The molecule has 2 amide bonds. The van der Waals surface area contributed by atoms with Crippen molar-refractivity contribution in [1.29, 1.82) is 0 Å². The minimum absolute atomic E-state index is 0.206. The van der Waals surface area contributed by atoms with E-state index >= 15 is 0 Å². The Kier molecular flexibility index (Phi) is 6.11. The number of carbonyl (C=O) groups is 2. The summed E-state index contributed by atoms with van der Waals surface area (Å²) >= 11 is 0. The van der Waals surface area contributed by atoms with E-state index in [1.807, 2.05) is 0 Å². The fourth-order valence-electron chi connectivity index (χ4n) is 2.09. The zero-order valence-electron chi connectivity index (χ0n) is 14.2. The molecule has 7 nitrogen and oxygen atoms in total. The molecule has 0 atom stereocenters. The van der Waals surface area contributed by atoms with Crippen molar-refractivity contribution in [3.8, 4) is 11.5 Å². The number of anilines is 1. The molecule has 0 radical (unpaired) electrons. The summed E-state index contributed by atoms with van der Waals surface area (Å²) in [5.41, 5.74) is 4.05. The van der Waals surface area contributed by atoms with E-state index in [1.54, 1.807) is 49.6 Å². The van der Waals surface area contributed by atoms with Crippen molar-refractivity contribution >= 4 is 23.7 Å². The summed E-state index contributed by atoms with van der Waals surface area (Å²) in [6.45, 7) is 1.40. The molecule has 0 aliphatic heterocycles. The Morgan fingerprint density at radius 1 is 1.08 bits per heavy atom. The van der Waals surface area contributed by atoms with Gasteiger partial charge in [0.15, 0.2) is 0 Å². The van der Waals surface area contributed by atoms with Gasteiger partial charge >= 0.3 is 0 Å². The Labute approximate surface area is 145 Å². The molecule has 7 heteroatoms. The molecule has 0 fully saturated rings. The third-order valence-electron chi connectivity index (χ3n) is 3.26. The highest BCUT2D eigenvalue weighted by Gasteiger charge is 2.06. The summed E-state index contributed by atoms with van der Waals surface area (Å²) in [5.74, 6) is 0.635. The predicted octanol–water partition coefficient (Wildman–Crippen LogP) is 2.43. The molecular weight excluding hydrogens is 322 g/mol. The fraction of sp³-hybridized carbons (Fsp3) is 0.167. The van der Waals surface area contributed by atoms with Crippen LogP contribution in [-0.4, -0.2) is 32.2 Å². The van der Waals surface area contributed by atoms with Crippen LogP contribution < -0.4 is 20.2 Å². The van der Waals surface area contributed by atoms with Gasteiger partial charge in [-0.2, -0.15) is 5.10 Å². The molecule has 0 bridgehead atoms. The molecule has 2 N–H and O–H groups in total. The molecular formula is C18H19N3O4. The van der Waals surface area contributed by atoms with Gasteiger partial charge in [0.05, 0.1) is 20.4 Å². The van der Waals surface area contributed by atoms with E-state index in [9.17, 15) is 9.59 Å². The van der Waals surface area contributed by atoms with E-state index in [4.69, 9.17) is 9.47 Å². The zero-order chi connectivity index (χ0) is 18.2. The Hall–Kier alpha value is -3.35. The SMILES string of the molecule is COc1ccc(/C=N\NC(=O)c2cccc(NC(C)=O)c2)c(OC)c1. The number of benzene rings is 2. The molecule has 2 rings (SSSR count). The molecule has 0 aliphatic carbocycles. The van der Waals surface area contributed by atoms with E-state index in [0.29, 0.717) is 28.3 Å². The minimum atomic E-state index is -0.393. The summed E-state index contributed by atoms with van der Waals surface area (Å²) < 4.78 is 10.4. The van der Waals surface area contributed by atoms with Crippen molar-refractivity contribution in [3.63, 3.8) is 0 Å². The Balaban J connectivity index is 2.07. The molecule has 25 heavy (non-hydrogen) atoms. The lowest BCUT2D eigenvalue weighted by molar-refractivity contribution is -0.114. The average Bonchev–Trinajstić information content (AvgIpc) is 2.61. The lowest BCUT2D eigenvalue weighted by atomic mass is 10.2. The Morgan fingerprint density at radius 3 is 2.56 bits per heavy atom. The summed E-state index contributed by atoms with van der Waals surface area (Å²) in [6, 6.07) is 11.8. The second-order valence-electron chi connectivity index (χ2n) is 5.07. The van der Waals surface area contributed by atoms with Crippen LogP contribution in [0.15, 0.2) is 47.6 Å². The number of hydrazone groups is 1. The van der Waals surface area contributed by atoms with Gasteiger partial charge in [0.25, 0.3) is 5.91 Å². The maximum atomic E-state index is 12.1. The van der Waals surface area contributed by atoms with Crippen molar-refractivity contribution in [2.45, 2.75) is 6.92 Å². The highest BCUT2D eigenvalue weighted by molar-refractivity contribution is 5.97. The van der Waals surface area contributed by atoms with Gasteiger partial charge in [-0.15, -0.1) is 0 Å². The van der Waals surface area contributed by atoms with Crippen molar-refractivity contribution in [3.05, 3.63) is 53.6 Å². The third-order valence-corrected chi connectivity index (χ3v) is 3.26. The summed E-state index contributed by atoms with van der Waals surface area (Å²) in [4.78, 5) is 23.2. The molecule has 0 unspecified atom stereocenters. The second-order valence-corrected chi connectivity index (χ2v) is 5.07. The maximum absolute atomic E-state index is 12.1. The van der Waals surface area contributed by atoms with Crippen LogP contribution >= 0.6 is 0 Å². The van der Waals surface area contributed by atoms with Crippen molar-refractivity contribution < 1.29 is 19.1 Å². The first kappa shape index (κ1) is 18.0. The van der Waals surface area contributed by atoms with Crippen LogP contribution in [-0.2, 0) is 4.79 Å². The normalized spacial score (nSPS) is 10.4. The van der Waals surface area contributed by atoms with Gasteiger partial charge in [-0.3, -0.25) is 9.59 Å². The van der Waals surface area contributed by atoms with Crippen LogP contribution in [0.2, 0.25) is 0 Å². The van der Waals surface area contributed by atoms with Crippen LogP contribution in [0.3, 0.4) is 0 Å². The van der Waals surface area contributed by atoms with E-state index in [0.717, 1.165) is 0 Å². The van der Waals surface area contributed by atoms with Gasteiger partial charge in [0.1, 0.15) is 11.5 Å². The van der Waals surface area contributed by atoms with E-state index in [2.05, 4.69) is 15.8 Å². The quantitative estimate of drug-likeness (QED) is 0.624. The highest BCUT2D eigenvalue weighted by atomic mass is 16.5. The van der Waals surface area contributed by atoms with E-state index in [-0.39, 0.29) is 5.91 Å². The smallest absolute Gasteiger partial charge is 0.271 e. The lowest BCUT2D eigenvalue weighted by Gasteiger charge is -2.07. The molecule has 0 saturated carbocycles. The molecule has 0 aliphatic rings. The van der Waals surface area contributed by atoms with Crippen LogP contribution in [0.5, 0.6) is 11.5 Å². The lowest BCUT2D eigenvalue weighted by Crippen LogP contribution is -2.18. The van der Waals surface area contributed by atoms with E-state index in [1.165, 1.54) is 20.2 Å². The molecule has 0 aromatic heterocycles. The number of rotatable bonds is 6. The van der Waals surface area contributed by atoms with Gasteiger partial charge in [-0.05, 0) is 30.3 Å². The second kappa shape index (κ2) is 8.49. The zero-order valence-corrected chi connectivity index (χ0v) is 14.2. The molecule has 130 valence electrons. The van der Waals surface area contributed by atoms with E-state index < -0.39 is 5.91 Å². The number of nitrogens with zero attached hydrogens (tertiary/aromatic N) is 1. The third kappa shape index (κ3) is 5.07. The largest absolute Gasteiger partial charge is 0.497 e. The highest BCUT2D eigenvalue weighted by Crippen LogP contribution is 2.23. The first-order valence-electron chi connectivity index (χ1n) is 7.46. The van der Waals surface area contributed by atoms with Gasteiger partial charge in [-0.1, -0.05) is 6.07 Å². The summed E-state index contributed by atoms with van der Waals surface area (Å²) in [6.07, 6.45) is 1.48. The first-order chi connectivity index (χ1) is 12.0. The molecule has 0 saturated heterocycles. The molecule has 0 heterocycles. The van der Waals surface area contributed by atoms with Crippen LogP contribution in [0, 0.1) is 0 Å². The molecule has 2 aromatic rings. The van der Waals surface area contributed by atoms with Gasteiger partial charge < -0.3 is 14.8 Å². The predicted molar refractivity (Wildman–Crippen MR) is 95.4 cm³/mol. The van der Waals surface area contributed by atoms with Crippen LogP contribution in [0.25, 0.3) is 0 Å². The number of hydrogen-bond acceptors (Lipinski definition) is 5. The number of carbonyl (C=O) groups excluding carboxylic acids is 2. The fourth-order valence-corrected chi connectivity index (χ4v) is 2.09. The summed E-state index contributed by atoms with van der Waals surface area (Å²) in [5, 5.41) is 6.56. The topological polar surface area (TPSA) is 89.0 Å². The van der Waals surface area contributed by atoms with Crippen LogP contribution in [0.4, 0.5) is 5.69 Å². The van der Waals surface area contributed by atoms with Crippen molar-refractivity contribution in [2.75, 3.05) is 19.5 Å². The number of methoxy groups -OCH3 is 2. The number of nitrogens with one attached hydrogen (secondary N) is 2. The van der Waals surface area contributed by atoms with Gasteiger partial charge in [0, 0.05) is 29.8 Å². The maximum Gasteiger partial charge on any atom is 0.271 e. The standard InChI is InChI=1S/C18H19N3O4/c1-12(22)20-15-6-4-5-13(9-15)18(23)21-19-11-14-7-8-16(24-2)10-17(14)25-3/h4-11H,1-3H3,(H,20,22)(H,21,23)/b19-11-. The number of amides is 2. The monoisotopic (exact) mass is 341 g/mol. The summed E-state index contributed by atoms with van der Waals surface area (Å²) in [7, 11) is 3.11. The van der Waals surface area contributed by atoms with Crippen LogP contribution in [0.1, 0.15) is 22.8 Å². The number of hydrogen-bond donors (Lipinski definition) is 2. The Bertz CT molecular complexity index is 803. The number of ether oxygens (including phenoxy) is 2. The van der Waals surface area contributed by atoms with Crippen molar-refractivity contribution in [2.24, 2.45) is 5.10 Å². The molecule has 2 aromatic carbocycles. The Morgan fingerprint density at radius 2 is 1.88 bits per heavy atom. The average molecular weight is 341 g/mol. The first-order valence-corrected chi connectivity index (χ1v) is 7.46. The molecule has 0 spiro atoms. The van der Waals surface area contributed by atoms with Gasteiger partial charge in [0.2, 0.25) is 5.91 Å².